The van der Waals surface area contributed by atoms with Crippen LogP contribution in [0.15, 0.2) is 11.3 Å². The standard InChI is InChI=1S/C11H9F7N2O/c12-9(13,10(14,15)11(16,17)18)8(21)6(5-19)7-3-1-2-4-20-7/h20H,1-4H2/b7-6-. The van der Waals surface area contributed by atoms with Gasteiger partial charge in [0.15, 0.2) is 0 Å². The Bertz CT molecular complexity index is 494. The Morgan fingerprint density at radius 3 is 2.05 bits per heavy atom. The molecule has 1 N–H and O–H groups in total. The number of carbonyl (C=O) groups excluding carboxylic acids is 1. The maximum atomic E-state index is 13.3. The predicted octanol–water partition coefficient (Wildman–Crippen LogP) is 2.94. The van der Waals surface area contributed by atoms with Gasteiger partial charge in [-0.05, 0) is 19.3 Å². The zero-order chi connectivity index (χ0) is 16.5. The highest BCUT2D eigenvalue weighted by molar-refractivity contribution is 6.05. The van der Waals surface area contributed by atoms with Crippen LogP contribution in [-0.2, 0) is 4.79 Å². The van der Waals surface area contributed by atoms with E-state index in [2.05, 4.69) is 5.32 Å². The van der Waals surface area contributed by atoms with Crippen LogP contribution in [-0.4, -0.2) is 30.3 Å². The minimum Gasteiger partial charge on any atom is -0.387 e. The summed E-state index contributed by atoms with van der Waals surface area (Å²) in [5.74, 6) is -15.5. The molecular formula is C11H9F7N2O. The lowest BCUT2D eigenvalue weighted by atomic mass is 9.96. The first kappa shape index (κ1) is 17.3. The minimum absolute atomic E-state index is 0.0533. The smallest absolute Gasteiger partial charge is 0.387 e. The van der Waals surface area contributed by atoms with Gasteiger partial charge in [0.05, 0.1) is 0 Å². The molecule has 1 aliphatic rings. The van der Waals surface area contributed by atoms with Crippen LogP contribution in [0.5, 0.6) is 0 Å². The molecule has 0 saturated carbocycles. The Kier molecular flexibility index (Phi) is 4.55. The molecule has 0 amide bonds. The second kappa shape index (κ2) is 5.54. The van der Waals surface area contributed by atoms with Crippen molar-refractivity contribution in [2.75, 3.05) is 6.54 Å². The number of nitrogens with one attached hydrogen (secondary N) is 1. The number of hydrogen-bond donors (Lipinski definition) is 1. The van der Waals surface area contributed by atoms with Gasteiger partial charge < -0.3 is 5.32 Å². The van der Waals surface area contributed by atoms with E-state index in [9.17, 15) is 35.5 Å². The highest BCUT2D eigenvalue weighted by Gasteiger charge is 2.76. The third-order valence-electron chi connectivity index (χ3n) is 2.87. The molecule has 3 nitrogen and oxygen atoms in total. The van der Waals surface area contributed by atoms with Crippen LogP contribution in [0.25, 0.3) is 0 Å². The van der Waals surface area contributed by atoms with Crippen molar-refractivity contribution in [1.82, 2.24) is 5.32 Å². The number of Topliss-reactive ketones (excluding diaryl/α,β-unsaturated/α-hetero) is 1. The molecule has 0 atom stereocenters. The van der Waals surface area contributed by atoms with E-state index in [-0.39, 0.29) is 18.7 Å². The van der Waals surface area contributed by atoms with E-state index in [0.717, 1.165) is 6.07 Å². The largest absolute Gasteiger partial charge is 0.460 e. The number of ketones is 1. The third-order valence-corrected chi connectivity index (χ3v) is 2.87. The number of alkyl halides is 7. The summed E-state index contributed by atoms with van der Waals surface area (Å²) in [5, 5.41) is 11.0. The van der Waals surface area contributed by atoms with Crippen LogP contribution >= 0.6 is 0 Å². The maximum absolute atomic E-state index is 13.3. The van der Waals surface area contributed by atoms with Gasteiger partial charge in [0.1, 0.15) is 11.6 Å². The molecule has 0 aromatic carbocycles. The van der Waals surface area contributed by atoms with Gasteiger partial charge in [-0.3, -0.25) is 4.79 Å². The first-order valence-electron chi connectivity index (χ1n) is 5.71. The van der Waals surface area contributed by atoms with Crippen LogP contribution in [0.4, 0.5) is 30.7 Å². The van der Waals surface area contributed by atoms with Gasteiger partial charge in [-0.2, -0.15) is 36.0 Å². The van der Waals surface area contributed by atoms with Gasteiger partial charge >= 0.3 is 18.0 Å². The highest BCUT2D eigenvalue weighted by atomic mass is 19.4. The molecule has 0 aromatic rings. The topological polar surface area (TPSA) is 52.9 Å². The normalized spacial score (nSPS) is 19.5. The summed E-state index contributed by atoms with van der Waals surface area (Å²) in [6.07, 6.45) is -5.69. The van der Waals surface area contributed by atoms with Crippen molar-refractivity contribution < 1.29 is 35.5 Å². The fraction of sp³-hybridized carbons (Fsp3) is 0.636. The van der Waals surface area contributed by atoms with Crippen molar-refractivity contribution in [2.45, 2.75) is 37.3 Å². The highest BCUT2D eigenvalue weighted by Crippen LogP contribution is 2.47. The SMILES string of the molecule is N#C/C(C(=O)C(F)(F)C(F)(F)C(F)(F)F)=C1\CCCCN1. The lowest BCUT2D eigenvalue weighted by Crippen LogP contribution is -2.56. The summed E-state index contributed by atoms with van der Waals surface area (Å²) < 4.78 is 88.1. The van der Waals surface area contributed by atoms with Crippen molar-refractivity contribution in [1.29, 1.82) is 5.26 Å². The molecule has 1 rings (SSSR count). The monoisotopic (exact) mass is 318 g/mol. The molecule has 118 valence electrons. The van der Waals surface area contributed by atoms with E-state index < -0.39 is 29.4 Å². The number of rotatable bonds is 3. The Balaban J connectivity index is 3.24. The summed E-state index contributed by atoms with van der Waals surface area (Å²) >= 11 is 0. The maximum Gasteiger partial charge on any atom is 0.460 e. The van der Waals surface area contributed by atoms with Gasteiger partial charge in [0, 0.05) is 12.2 Å². The molecule has 21 heavy (non-hydrogen) atoms. The van der Waals surface area contributed by atoms with Gasteiger partial charge in [0.2, 0.25) is 0 Å². The lowest BCUT2D eigenvalue weighted by molar-refractivity contribution is -0.342. The fourth-order valence-corrected chi connectivity index (χ4v) is 1.70. The van der Waals surface area contributed by atoms with Crippen LogP contribution in [0.1, 0.15) is 19.3 Å². The number of nitrogens with zero attached hydrogens (tertiary/aromatic N) is 1. The number of allylic oxidation sites excluding steroid dienone is 2. The van der Waals surface area contributed by atoms with Gasteiger partial charge in [0.25, 0.3) is 5.78 Å². The second-order valence-electron chi connectivity index (χ2n) is 4.32. The van der Waals surface area contributed by atoms with E-state index in [0.29, 0.717) is 12.8 Å². The quantitative estimate of drug-likeness (QED) is 0.494. The van der Waals surface area contributed by atoms with Crippen molar-refractivity contribution in [3.8, 4) is 6.07 Å². The zero-order valence-corrected chi connectivity index (χ0v) is 10.3. The molecule has 0 unspecified atom stereocenters. The Labute approximate surface area is 114 Å². The first-order chi connectivity index (χ1) is 9.46. The number of halogens is 7. The van der Waals surface area contributed by atoms with Gasteiger partial charge in [-0.25, -0.2) is 0 Å². The molecular weight excluding hydrogens is 309 g/mol. The van der Waals surface area contributed by atoms with E-state index in [1.165, 1.54) is 0 Å². The van der Waals surface area contributed by atoms with Crippen molar-refractivity contribution in [2.24, 2.45) is 0 Å². The molecule has 1 aliphatic heterocycles. The first-order valence-corrected chi connectivity index (χ1v) is 5.71. The summed E-state index contributed by atoms with van der Waals surface area (Å²) in [4.78, 5) is 11.3. The van der Waals surface area contributed by atoms with Crippen molar-refractivity contribution in [3.63, 3.8) is 0 Å². The molecule has 0 aliphatic carbocycles. The molecule has 10 heteroatoms. The molecule has 1 saturated heterocycles. The van der Waals surface area contributed by atoms with Crippen LogP contribution < -0.4 is 5.32 Å². The fourth-order valence-electron chi connectivity index (χ4n) is 1.70. The molecule has 0 spiro atoms. The molecule has 1 fully saturated rings. The van der Waals surface area contributed by atoms with E-state index >= 15 is 0 Å². The second-order valence-corrected chi connectivity index (χ2v) is 4.32. The van der Waals surface area contributed by atoms with E-state index in [1.54, 1.807) is 0 Å². The van der Waals surface area contributed by atoms with Gasteiger partial charge in [-0.15, -0.1) is 0 Å². The summed E-state index contributed by atoms with van der Waals surface area (Å²) in [6.45, 7) is 0.203. The molecule has 0 bridgehead atoms. The Hall–Kier alpha value is -1.79. The van der Waals surface area contributed by atoms with E-state index in [1.807, 2.05) is 0 Å². The summed E-state index contributed by atoms with van der Waals surface area (Å²) in [6, 6.07) is 0.988. The van der Waals surface area contributed by atoms with Crippen LogP contribution in [0.3, 0.4) is 0 Å². The third kappa shape index (κ3) is 2.96. The Morgan fingerprint density at radius 2 is 1.67 bits per heavy atom. The molecule has 1 heterocycles. The number of carbonyl (C=O) groups is 1. The average molecular weight is 318 g/mol. The van der Waals surface area contributed by atoms with Crippen molar-refractivity contribution in [3.05, 3.63) is 11.3 Å². The number of piperidine rings is 1. The van der Waals surface area contributed by atoms with Gasteiger partial charge in [-0.1, -0.05) is 0 Å². The van der Waals surface area contributed by atoms with E-state index in [4.69, 9.17) is 5.26 Å². The lowest BCUT2D eigenvalue weighted by Gasteiger charge is -2.27. The minimum atomic E-state index is -6.61. The number of hydrogen-bond acceptors (Lipinski definition) is 3. The molecule has 0 aromatic heterocycles. The predicted molar refractivity (Wildman–Crippen MR) is 55.4 cm³/mol. The summed E-state index contributed by atoms with van der Waals surface area (Å²) in [7, 11) is 0. The average Bonchev–Trinajstić information content (AvgIpc) is 2.39. The van der Waals surface area contributed by atoms with Crippen LogP contribution in [0.2, 0.25) is 0 Å². The van der Waals surface area contributed by atoms with Crippen LogP contribution in [0, 0.1) is 11.3 Å². The van der Waals surface area contributed by atoms with Crippen molar-refractivity contribution >= 4 is 5.78 Å². The summed E-state index contributed by atoms with van der Waals surface area (Å²) in [5.41, 5.74) is -1.74. The molecule has 0 radical (unpaired) electrons. The Morgan fingerprint density at radius 1 is 1.10 bits per heavy atom. The number of nitriles is 1. The zero-order valence-electron chi connectivity index (χ0n) is 10.3.